The molecule has 32 heavy (non-hydrogen) atoms. The van der Waals surface area contributed by atoms with Crippen LogP contribution < -0.4 is 4.74 Å². The predicted octanol–water partition coefficient (Wildman–Crippen LogP) is 4.94. The van der Waals surface area contributed by atoms with Crippen molar-refractivity contribution in [3.63, 3.8) is 0 Å². The molecule has 0 fully saturated rings. The van der Waals surface area contributed by atoms with Crippen molar-refractivity contribution in [2.75, 3.05) is 7.11 Å². The van der Waals surface area contributed by atoms with Crippen LogP contribution in [0.5, 0.6) is 5.75 Å². The summed E-state index contributed by atoms with van der Waals surface area (Å²) >= 11 is 1.49. The van der Waals surface area contributed by atoms with E-state index in [1.807, 2.05) is 71.3 Å². The van der Waals surface area contributed by atoms with Crippen molar-refractivity contribution in [1.82, 2.24) is 24.9 Å². The Morgan fingerprint density at radius 1 is 0.969 bits per heavy atom. The topological polar surface area (TPSA) is 92.0 Å². The zero-order valence-electron chi connectivity index (χ0n) is 17.2. The van der Waals surface area contributed by atoms with Gasteiger partial charge < -0.3 is 13.7 Å². The number of hydrogen-bond acceptors (Lipinski definition) is 8. The molecule has 0 saturated carbocycles. The standard InChI is InChI=1S/C23H19N5O3S/c1-29-18-10-5-9-17(13-18)21-25-26-23(28(21)14-19-11-6-12-30-19)32-15-20-24-22(31-27-20)16-7-3-2-4-8-16/h2-13H,14-15H2,1H3. The number of nitrogens with zero attached hydrogens (tertiary/aromatic N) is 5. The van der Waals surface area contributed by atoms with Crippen molar-refractivity contribution >= 4 is 11.8 Å². The van der Waals surface area contributed by atoms with Crippen molar-refractivity contribution in [3.05, 3.63) is 84.6 Å². The molecule has 0 saturated heterocycles. The summed E-state index contributed by atoms with van der Waals surface area (Å²) in [5.74, 6) is 3.86. The quantitative estimate of drug-likeness (QED) is 0.310. The monoisotopic (exact) mass is 445 g/mol. The van der Waals surface area contributed by atoms with E-state index in [9.17, 15) is 0 Å². The third-order valence-electron chi connectivity index (χ3n) is 4.76. The van der Waals surface area contributed by atoms with E-state index in [1.165, 1.54) is 11.8 Å². The van der Waals surface area contributed by atoms with Crippen LogP contribution in [-0.2, 0) is 12.3 Å². The van der Waals surface area contributed by atoms with Gasteiger partial charge in [0.05, 0.1) is 25.7 Å². The predicted molar refractivity (Wildman–Crippen MR) is 119 cm³/mol. The largest absolute Gasteiger partial charge is 0.497 e. The molecule has 0 amide bonds. The van der Waals surface area contributed by atoms with E-state index in [1.54, 1.807) is 13.4 Å². The second kappa shape index (κ2) is 9.11. The zero-order valence-corrected chi connectivity index (χ0v) is 18.0. The minimum absolute atomic E-state index is 0.491. The molecule has 0 aliphatic heterocycles. The van der Waals surface area contributed by atoms with Gasteiger partial charge in [0.15, 0.2) is 16.8 Å². The molecule has 3 aromatic heterocycles. The Labute approximate surface area is 188 Å². The molecule has 3 heterocycles. The molecule has 0 atom stereocenters. The van der Waals surface area contributed by atoms with Crippen LogP contribution in [-0.4, -0.2) is 32.0 Å². The molecule has 160 valence electrons. The van der Waals surface area contributed by atoms with Gasteiger partial charge in [-0.25, -0.2) is 0 Å². The highest BCUT2D eigenvalue weighted by molar-refractivity contribution is 7.98. The highest BCUT2D eigenvalue weighted by atomic mass is 32.2. The van der Waals surface area contributed by atoms with E-state index in [0.717, 1.165) is 33.6 Å². The van der Waals surface area contributed by atoms with Gasteiger partial charge in [0.25, 0.3) is 5.89 Å². The lowest BCUT2D eigenvalue weighted by Crippen LogP contribution is -2.03. The molecule has 9 heteroatoms. The summed E-state index contributed by atoms with van der Waals surface area (Å²) in [4.78, 5) is 4.50. The van der Waals surface area contributed by atoms with Crippen molar-refractivity contribution in [3.8, 4) is 28.6 Å². The van der Waals surface area contributed by atoms with Gasteiger partial charge in [0.1, 0.15) is 11.5 Å². The van der Waals surface area contributed by atoms with Crippen molar-refractivity contribution in [2.24, 2.45) is 0 Å². The number of hydrogen-bond donors (Lipinski definition) is 0. The number of furan rings is 1. The van der Waals surface area contributed by atoms with E-state index in [0.29, 0.717) is 24.0 Å². The maximum atomic E-state index is 5.56. The molecule has 0 bridgehead atoms. The fourth-order valence-corrected chi connectivity index (χ4v) is 3.99. The summed E-state index contributed by atoms with van der Waals surface area (Å²) in [6, 6.07) is 21.2. The number of aromatic nitrogens is 5. The first-order valence-electron chi connectivity index (χ1n) is 9.91. The summed E-state index contributed by atoms with van der Waals surface area (Å²) in [6.45, 7) is 0.496. The SMILES string of the molecule is COc1cccc(-c2nnc(SCc3noc(-c4ccccc4)n3)n2Cc2ccco2)c1. The van der Waals surface area contributed by atoms with E-state index in [-0.39, 0.29) is 0 Å². The lowest BCUT2D eigenvalue weighted by atomic mass is 10.2. The number of thioether (sulfide) groups is 1. The van der Waals surface area contributed by atoms with Gasteiger partial charge in [-0.05, 0) is 36.4 Å². The van der Waals surface area contributed by atoms with Gasteiger partial charge in [0, 0.05) is 11.1 Å². The average Bonchev–Trinajstić information content (AvgIpc) is 3.60. The third-order valence-corrected chi connectivity index (χ3v) is 5.72. The first-order valence-corrected chi connectivity index (χ1v) is 10.9. The average molecular weight is 446 g/mol. The molecule has 0 unspecified atom stereocenters. The lowest BCUT2D eigenvalue weighted by molar-refractivity contribution is 0.415. The molecule has 0 N–H and O–H groups in total. The van der Waals surface area contributed by atoms with Crippen LogP contribution in [0.3, 0.4) is 0 Å². The molecule has 0 aliphatic carbocycles. The number of rotatable bonds is 8. The Hall–Kier alpha value is -3.85. The summed E-state index contributed by atoms with van der Waals surface area (Å²) in [5.41, 5.74) is 1.79. The van der Waals surface area contributed by atoms with Gasteiger partial charge in [-0.3, -0.25) is 4.57 Å². The Morgan fingerprint density at radius 3 is 2.66 bits per heavy atom. The fourth-order valence-electron chi connectivity index (χ4n) is 3.21. The van der Waals surface area contributed by atoms with E-state index >= 15 is 0 Å². The van der Waals surface area contributed by atoms with Crippen LogP contribution in [0.4, 0.5) is 0 Å². The minimum atomic E-state index is 0.491. The van der Waals surface area contributed by atoms with Crippen molar-refractivity contribution < 1.29 is 13.7 Å². The first kappa shape index (κ1) is 20.1. The third kappa shape index (κ3) is 4.28. The van der Waals surface area contributed by atoms with Crippen LogP contribution in [0, 0.1) is 0 Å². The van der Waals surface area contributed by atoms with E-state index in [4.69, 9.17) is 13.7 Å². The number of ether oxygens (including phenoxy) is 1. The molecule has 0 radical (unpaired) electrons. The number of methoxy groups -OCH3 is 1. The van der Waals surface area contributed by atoms with Gasteiger partial charge in [-0.1, -0.05) is 47.3 Å². The van der Waals surface area contributed by atoms with Crippen molar-refractivity contribution in [2.45, 2.75) is 17.5 Å². The second-order valence-electron chi connectivity index (χ2n) is 6.87. The van der Waals surface area contributed by atoms with Gasteiger partial charge in [-0.2, -0.15) is 4.98 Å². The smallest absolute Gasteiger partial charge is 0.257 e. The van der Waals surface area contributed by atoms with Crippen LogP contribution in [0.1, 0.15) is 11.6 Å². The molecule has 5 aromatic rings. The highest BCUT2D eigenvalue weighted by Crippen LogP contribution is 2.29. The minimum Gasteiger partial charge on any atom is -0.497 e. The van der Waals surface area contributed by atoms with Crippen LogP contribution in [0.2, 0.25) is 0 Å². The normalized spacial score (nSPS) is 11.0. The second-order valence-corrected chi connectivity index (χ2v) is 7.82. The number of benzene rings is 2. The molecule has 0 aliphatic rings. The molecule has 5 rings (SSSR count). The van der Waals surface area contributed by atoms with Crippen LogP contribution in [0.15, 0.2) is 87.1 Å². The highest BCUT2D eigenvalue weighted by Gasteiger charge is 2.18. The molecular weight excluding hydrogens is 426 g/mol. The van der Waals surface area contributed by atoms with E-state index in [2.05, 4.69) is 20.3 Å². The summed E-state index contributed by atoms with van der Waals surface area (Å²) < 4.78 is 18.3. The maximum Gasteiger partial charge on any atom is 0.257 e. The van der Waals surface area contributed by atoms with Gasteiger partial charge in [0.2, 0.25) is 0 Å². The Morgan fingerprint density at radius 2 is 1.84 bits per heavy atom. The molecule has 8 nitrogen and oxygen atoms in total. The molecular formula is C23H19N5O3S. The molecule has 0 spiro atoms. The summed E-state index contributed by atoms with van der Waals surface area (Å²) in [6.07, 6.45) is 1.65. The van der Waals surface area contributed by atoms with Crippen LogP contribution in [0.25, 0.3) is 22.8 Å². The van der Waals surface area contributed by atoms with Crippen molar-refractivity contribution in [1.29, 1.82) is 0 Å². The van der Waals surface area contributed by atoms with Crippen LogP contribution >= 0.6 is 11.8 Å². The van der Waals surface area contributed by atoms with Gasteiger partial charge in [-0.15, -0.1) is 10.2 Å². The summed E-state index contributed by atoms with van der Waals surface area (Å²) in [5, 5.41) is 13.7. The summed E-state index contributed by atoms with van der Waals surface area (Å²) in [7, 11) is 1.64. The van der Waals surface area contributed by atoms with E-state index < -0.39 is 0 Å². The fraction of sp³-hybridized carbons (Fsp3) is 0.130. The van der Waals surface area contributed by atoms with Gasteiger partial charge >= 0.3 is 0 Å². The molecule has 2 aromatic carbocycles. The lowest BCUT2D eigenvalue weighted by Gasteiger charge is -2.09. The Bertz CT molecular complexity index is 1300. The first-order chi connectivity index (χ1) is 15.8. The Kier molecular flexibility index (Phi) is 5.71. The zero-order chi connectivity index (χ0) is 21.8. The Balaban J connectivity index is 1.41. The maximum absolute atomic E-state index is 5.56.